The molecule has 0 bridgehead atoms. The molecule has 262 valence electrons. The summed E-state index contributed by atoms with van der Waals surface area (Å²) >= 11 is 0. The van der Waals surface area contributed by atoms with Crippen molar-refractivity contribution in [2.24, 2.45) is 0 Å². The van der Waals surface area contributed by atoms with E-state index in [4.69, 9.17) is 0 Å². The summed E-state index contributed by atoms with van der Waals surface area (Å²) in [6, 6.07) is 20.4. The van der Waals surface area contributed by atoms with Crippen LogP contribution in [0.4, 0.5) is 52.7 Å². The number of fused-ring (bicyclic) bond motifs is 2. The standard InChI is InChI=1S/C18H11F6.C17H9F6.2ClH.Zr/c1-10-15-5-3-2-4-11(15)8-16(10)12-6-13(17(19,20)21)9-14(7-12)18(22,23)24;18-16(19,20)14-7-13(8-15(9-14)17(21,22)23)12-5-10-3-1-2-4-11(10)6-12;;;/h2-7,9-10H,1H3;1-9H;2*1H;/q2*-1;;;+4/p-2. The second kappa shape index (κ2) is 15.6. The van der Waals surface area contributed by atoms with E-state index < -0.39 is 47.0 Å². The zero-order chi connectivity index (χ0) is 34.5. The van der Waals surface area contributed by atoms with E-state index in [2.05, 4.69) is 6.08 Å². The third kappa shape index (κ3) is 9.59. The van der Waals surface area contributed by atoms with Crippen molar-refractivity contribution >= 4 is 16.3 Å². The van der Waals surface area contributed by atoms with Crippen LogP contribution in [0.5, 0.6) is 0 Å². The first-order valence-electron chi connectivity index (χ1n) is 13.7. The molecule has 1 atom stereocenters. The Bertz CT molecular complexity index is 1870. The molecule has 0 aliphatic heterocycles. The van der Waals surface area contributed by atoms with Crippen molar-refractivity contribution in [2.45, 2.75) is 37.5 Å². The number of allylic oxidation sites excluding steroid dienone is 1. The average molecular weight is 831 g/mol. The van der Waals surface area contributed by atoms with Gasteiger partial charge in [-0.25, -0.2) is 0 Å². The normalized spacial score (nSPS) is 14.3. The van der Waals surface area contributed by atoms with E-state index in [9.17, 15) is 52.7 Å². The first kappa shape index (κ1) is 43.0. The molecule has 0 heterocycles. The monoisotopic (exact) mass is 828 g/mol. The summed E-state index contributed by atoms with van der Waals surface area (Å²) in [5, 5.41) is 1.52. The van der Waals surface area contributed by atoms with Crippen LogP contribution in [0.3, 0.4) is 0 Å². The van der Waals surface area contributed by atoms with E-state index in [-0.39, 0.29) is 80.2 Å². The van der Waals surface area contributed by atoms with E-state index in [0.29, 0.717) is 16.7 Å². The molecule has 0 saturated carbocycles. The summed E-state index contributed by atoms with van der Waals surface area (Å²) in [5.74, 6) is -0.328. The third-order valence-electron chi connectivity index (χ3n) is 7.57. The summed E-state index contributed by atoms with van der Waals surface area (Å²) in [7, 11) is 0. The third-order valence-corrected chi connectivity index (χ3v) is 7.57. The van der Waals surface area contributed by atoms with Crippen molar-refractivity contribution in [2.75, 3.05) is 0 Å². The molecule has 15 heteroatoms. The van der Waals surface area contributed by atoms with Gasteiger partial charge in [-0.2, -0.15) is 52.7 Å². The zero-order valence-electron chi connectivity index (χ0n) is 25.1. The molecule has 0 fully saturated rings. The molecule has 0 N–H and O–H groups in total. The topological polar surface area (TPSA) is 0 Å². The van der Waals surface area contributed by atoms with Crippen LogP contribution >= 0.6 is 0 Å². The Labute approximate surface area is 309 Å². The number of alkyl halides is 12. The van der Waals surface area contributed by atoms with Crippen molar-refractivity contribution in [3.63, 3.8) is 0 Å². The largest absolute Gasteiger partial charge is 4.00 e. The minimum atomic E-state index is -4.86. The van der Waals surface area contributed by atoms with Gasteiger partial charge in [0.25, 0.3) is 0 Å². The van der Waals surface area contributed by atoms with Gasteiger partial charge in [0.15, 0.2) is 0 Å². The smallest absolute Gasteiger partial charge is 1.00 e. The first-order chi connectivity index (χ1) is 21.7. The summed E-state index contributed by atoms with van der Waals surface area (Å²) in [6.07, 6.45) is -16.5. The molecule has 0 amide bonds. The van der Waals surface area contributed by atoms with Gasteiger partial charge >= 0.3 is 50.9 Å². The van der Waals surface area contributed by atoms with Gasteiger partial charge in [0.05, 0.1) is 0 Å². The Morgan fingerprint density at radius 3 is 1.40 bits per heavy atom. The molecular weight excluding hydrogens is 810 g/mol. The molecule has 0 nitrogen and oxygen atoms in total. The Hall–Kier alpha value is -3.15. The van der Waals surface area contributed by atoms with Crippen LogP contribution in [-0.4, -0.2) is 0 Å². The molecule has 0 spiro atoms. The number of hydrogen-bond acceptors (Lipinski definition) is 0. The van der Waals surface area contributed by atoms with Crippen molar-refractivity contribution in [1.82, 2.24) is 0 Å². The number of hydrogen-bond donors (Lipinski definition) is 0. The van der Waals surface area contributed by atoms with Crippen molar-refractivity contribution < 1.29 is 104 Å². The predicted molar refractivity (Wildman–Crippen MR) is 152 cm³/mol. The molecule has 0 saturated heterocycles. The average Bonchev–Trinajstić information content (AvgIpc) is 3.57. The molecule has 6 rings (SSSR count). The molecule has 0 radical (unpaired) electrons. The number of benzene rings is 4. The Kier molecular flexibility index (Phi) is 13.4. The van der Waals surface area contributed by atoms with Crippen molar-refractivity contribution in [3.05, 3.63) is 142 Å². The van der Waals surface area contributed by atoms with E-state index in [1.54, 1.807) is 67.6 Å². The maximum Gasteiger partial charge on any atom is 4.00 e. The van der Waals surface area contributed by atoms with Gasteiger partial charge in [-0.15, -0.1) is 75.5 Å². The number of rotatable bonds is 2. The summed E-state index contributed by atoms with van der Waals surface area (Å²) in [4.78, 5) is 0. The fraction of sp³-hybridized carbons (Fsp3) is 0.171. The van der Waals surface area contributed by atoms with Crippen molar-refractivity contribution in [1.29, 1.82) is 0 Å². The fourth-order valence-electron chi connectivity index (χ4n) is 5.27. The van der Waals surface area contributed by atoms with Crippen LogP contribution in [0.25, 0.3) is 27.5 Å². The fourth-order valence-corrected chi connectivity index (χ4v) is 5.27. The second-order valence-electron chi connectivity index (χ2n) is 10.8. The molecule has 5 aromatic rings. The predicted octanol–water partition coefficient (Wildman–Crippen LogP) is 6.34. The van der Waals surface area contributed by atoms with Crippen LogP contribution in [-0.2, 0) is 50.9 Å². The number of halogens is 14. The Morgan fingerprint density at radius 1 is 0.540 bits per heavy atom. The van der Waals surface area contributed by atoms with E-state index in [1.165, 1.54) is 0 Å². The Morgan fingerprint density at radius 2 is 0.960 bits per heavy atom. The van der Waals surface area contributed by atoms with Gasteiger partial charge in [0.2, 0.25) is 0 Å². The molecular formula is C35H20Cl2F12Zr. The van der Waals surface area contributed by atoms with E-state index in [0.717, 1.165) is 40.6 Å². The maximum absolute atomic E-state index is 13.0. The van der Waals surface area contributed by atoms with Crippen molar-refractivity contribution in [3.8, 4) is 11.1 Å². The van der Waals surface area contributed by atoms with Gasteiger partial charge in [-0.3, -0.25) is 0 Å². The minimum Gasteiger partial charge on any atom is -1.00 e. The molecule has 50 heavy (non-hydrogen) atoms. The van der Waals surface area contributed by atoms with Crippen LogP contribution in [0.1, 0.15) is 51.8 Å². The quantitative estimate of drug-likeness (QED) is 0.144. The van der Waals surface area contributed by atoms with Crippen LogP contribution < -0.4 is 24.8 Å². The van der Waals surface area contributed by atoms with Gasteiger partial charge in [0.1, 0.15) is 0 Å². The first-order valence-corrected chi connectivity index (χ1v) is 13.7. The van der Waals surface area contributed by atoms with Gasteiger partial charge in [0, 0.05) is 22.3 Å². The molecule has 5 aromatic carbocycles. The SMILES string of the molecule is CC1C(c2cc(C(F)(F)F)cc(C(F)(F)F)c2)=[C-]c2ccccc21.FC(F)(F)c1cc(-c2cc3ccccc3[cH-]2)cc(C(F)(F)F)c1.[Cl-].[Cl-].[Zr+4]. The Balaban J connectivity index is 0.000000327. The second-order valence-corrected chi connectivity index (χ2v) is 10.8. The van der Waals surface area contributed by atoms with Gasteiger partial charge in [-0.05, 0) is 18.1 Å². The summed E-state index contributed by atoms with van der Waals surface area (Å²) in [6.45, 7) is 1.74. The van der Waals surface area contributed by atoms with Gasteiger partial charge in [-0.1, -0.05) is 66.6 Å². The van der Waals surface area contributed by atoms with Crippen LogP contribution in [0, 0.1) is 6.08 Å². The summed E-state index contributed by atoms with van der Waals surface area (Å²) in [5.41, 5.74) is -3.31. The van der Waals surface area contributed by atoms with Gasteiger partial charge < -0.3 is 24.8 Å². The van der Waals surface area contributed by atoms with E-state index >= 15 is 0 Å². The molecule has 1 aliphatic rings. The van der Waals surface area contributed by atoms with Crippen LogP contribution in [0.2, 0.25) is 0 Å². The van der Waals surface area contributed by atoms with E-state index in [1.807, 2.05) is 0 Å². The maximum atomic E-state index is 13.0. The summed E-state index contributed by atoms with van der Waals surface area (Å²) < 4.78 is 155. The molecule has 0 aromatic heterocycles. The molecule has 1 unspecified atom stereocenters. The minimum absolute atomic E-state index is 0. The van der Waals surface area contributed by atoms with Crippen LogP contribution in [0.15, 0.2) is 97.1 Å². The molecule has 1 aliphatic carbocycles. The zero-order valence-corrected chi connectivity index (χ0v) is 29.1.